The molecule has 0 fully saturated rings. The number of oxazole rings is 1. The monoisotopic (exact) mass is 396 g/mol. The Bertz CT molecular complexity index is 1020. The van der Waals surface area contributed by atoms with Gasteiger partial charge in [0.1, 0.15) is 0 Å². The van der Waals surface area contributed by atoms with E-state index in [1.807, 2.05) is 19.1 Å². The van der Waals surface area contributed by atoms with Crippen molar-refractivity contribution in [1.29, 1.82) is 0 Å². The van der Waals surface area contributed by atoms with Gasteiger partial charge >= 0.3 is 138 Å². The zero-order valence-electron chi connectivity index (χ0n) is 15.4. The molecular weight excluding hydrogens is 379 g/mol. The summed E-state index contributed by atoms with van der Waals surface area (Å²) in [5.41, 5.74) is 2.45. The molecule has 136 valence electrons. The van der Waals surface area contributed by atoms with Gasteiger partial charge in [0.15, 0.2) is 0 Å². The molecule has 0 aliphatic rings. The van der Waals surface area contributed by atoms with Crippen molar-refractivity contribution in [3.8, 4) is 22.7 Å². The summed E-state index contributed by atoms with van der Waals surface area (Å²) in [5.74, 6) is 0.603. The van der Waals surface area contributed by atoms with E-state index in [0.29, 0.717) is 10.8 Å². The van der Waals surface area contributed by atoms with Crippen molar-refractivity contribution < 1.29 is 22.7 Å². The minimum atomic E-state index is -3.18. The second kappa shape index (κ2) is 8.79. The van der Waals surface area contributed by atoms with Gasteiger partial charge in [-0.05, 0) is 0 Å². The number of aryl methyl sites for hydroxylation is 1. The van der Waals surface area contributed by atoms with Crippen LogP contribution in [0.5, 0.6) is 0 Å². The number of carboxylic acid groups (broad SMARTS) is 1. The Morgan fingerprint density at radius 2 is 1.67 bits per heavy atom. The number of hydrogen-bond acceptors (Lipinski definition) is 6. The molecule has 0 atom stereocenters. The van der Waals surface area contributed by atoms with Crippen LogP contribution in [-0.2, 0) is 14.6 Å². The molecular formula is C18H17N2NaO5S. The Morgan fingerprint density at radius 1 is 1.11 bits per heavy atom. The Hall–Kier alpha value is -2.00. The third kappa shape index (κ3) is 6.00. The maximum absolute atomic E-state index is 11.5. The van der Waals surface area contributed by atoms with Crippen LogP contribution in [0.25, 0.3) is 22.7 Å². The van der Waals surface area contributed by atoms with Crippen LogP contribution < -0.4 is 2.94 Å². The number of aliphatic carboxylic acids is 1. The van der Waals surface area contributed by atoms with Gasteiger partial charge in [0.25, 0.3) is 5.97 Å². The number of carboxylic acids is 1. The maximum atomic E-state index is 11.5. The van der Waals surface area contributed by atoms with Gasteiger partial charge in [-0.15, -0.1) is 0 Å². The van der Waals surface area contributed by atoms with Crippen molar-refractivity contribution in [1.82, 2.24) is 9.97 Å². The van der Waals surface area contributed by atoms with Crippen LogP contribution in [-0.4, -0.2) is 63.6 Å². The van der Waals surface area contributed by atoms with E-state index in [1.165, 1.54) is 6.26 Å². The molecule has 1 aromatic carbocycles. The second-order valence-electron chi connectivity index (χ2n) is 5.91. The first kappa shape index (κ1) is 21.3. The molecule has 0 amide bonds. The SMILES string of the molecule is CC(=O)O.Cc1oc(-c2ccc(-c3ccc(S(C)(=O)=O)cc3)nc2)n[c]1[Na]. The molecule has 0 saturated heterocycles. The summed E-state index contributed by atoms with van der Waals surface area (Å²) in [4.78, 5) is 18.1. The van der Waals surface area contributed by atoms with Crippen molar-refractivity contribution >= 4 is 46.7 Å². The molecule has 27 heavy (non-hydrogen) atoms. The number of nitrogens with zero attached hydrogens (tertiary/aromatic N) is 2. The summed E-state index contributed by atoms with van der Waals surface area (Å²) in [5, 5.41) is 7.42. The van der Waals surface area contributed by atoms with Gasteiger partial charge in [-0.25, -0.2) is 8.42 Å². The first-order valence-electron chi connectivity index (χ1n) is 7.98. The standard InChI is InChI=1S/C16H13N2O3S.C2H4O2.Na/c1-11-9-18-16(21-11)13-5-8-15(17-10-13)12-3-6-14(7-4-12)22(2,19)20;1-2(3)4;/h3-8,10H,1-2H3;1H3,(H,3,4);. The van der Waals surface area contributed by atoms with Crippen LogP contribution in [0.4, 0.5) is 0 Å². The molecule has 0 radical (unpaired) electrons. The fraction of sp³-hybridized carbons (Fsp3) is 0.167. The summed E-state index contributed by atoms with van der Waals surface area (Å²) < 4.78 is 29.6. The van der Waals surface area contributed by atoms with Gasteiger partial charge in [0.05, 0.1) is 0 Å². The minimum absolute atomic E-state index is 0.299. The van der Waals surface area contributed by atoms with E-state index >= 15 is 0 Å². The number of pyridine rings is 1. The number of benzene rings is 1. The van der Waals surface area contributed by atoms with Gasteiger partial charge < -0.3 is 5.11 Å². The molecule has 7 nitrogen and oxygen atoms in total. The summed E-state index contributed by atoms with van der Waals surface area (Å²) >= 11 is 0.847. The van der Waals surface area contributed by atoms with Gasteiger partial charge in [-0.3, -0.25) is 4.79 Å². The van der Waals surface area contributed by atoms with E-state index in [-0.39, 0.29) is 0 Å². The van der Waals surface area contributed by atoms with Crippen molar-refractivity contribution in [2.45, 2.75) is 18.7 Å². The molecule has 0 unspecified atom stereocenters. The average molecular weight is 396 g/mol. The predicted octanol–water partition coefficient (Wildman–Crippen LogP) is 2.00. The number of sulfone groups is 1. The fourth-order valence-corrected chi connectivity index (χ4v) is 3.10. The summed E-state index contributed by atoms with van der Waals surface area (Å²) in [7, 11) is -3.18. The molecule has 1 N–H and O–H groups in total. The van der Waals surface area contributed by atoms with Crippen LogP contribution in [0.1, 0.15) is 12.7 Å². The third-order valence-electron chi connectivity index (χ3n) is 3.62. The quantitative estimate of drug-likeness (QED) is 0.674. The van der Waals surface area contributed by atoms with Crippen LogP contribution in [0.15, 0.2) is 51.9 Å². The van der Waals surface area contributed by atoms with E-state index in [9.17, 15) is 8.42 Å². The van der Waals surface area contributed by atoms with Gasteiger partial charge in [-0.1, -0.05) is 0 Å². The molecule has 3 rings (SSSR count). The van der Waals surface area contributed by atoms with Crippen LogP contribution in [0.2, 0.25) is 0 Å². The predicted molar refractivity (Wildman–Crippen MR) is 102 cm³/mol. The normalized spacial score (nSPS) is 10.9. The Kier molecular flexibility index (Phi) is 6.94. The van der Waals surface area contributed by atoms with E-state index in [2.05, 4.69) is 9.97 Å². The number of rotatable bonds is 3. The van der Waals surface area contributed by atoms with Crippen LogP contribution in [0.3, 0.4) is 0 Å². The molecule has 9 heteroatoms. The average Bonchev–Trinajstić information content (AvgIpc) is 2.93. The van der Waals surface area contributed by atoms with Crippen molar-refractivity contribution in [2.24, 2.45) is 0 Å². The molecule has 0 spiro atoms. The Balaban J connectivity index is 0.000000596. The summed E-state index contributed by atoms with van der Waals surface area (Å²) in [6.45, 7) is 2.99. The van der Waals surface area contributed by atoms with Crippen molar-refractivity contribution in [2.75, 3.05) is 6.26 Å². The van der Waals surface area contributed by atoms with Crippen molar-refractivity contribution in [3.05, 3.63) is 48.4 Å². The molecule has 0 aliphatic carbocycles. The first-order valence-corrected chi connectivity index (χ1v) is 10.9. The zero-order chi connectivity index (χ0) is 20.2. The molecule has 0 saturated carbocycles. The summed E-state index contributed by atoms with van der Waals surface area (Å²) in [6, 6.07) is 10.5. The Labute approximate surface area is 174 Å². The molecule has 2 aromatic heterocycles. The molecule has 3 aromatic rings. The van der Waals surface area contributed by atoms with E-state index in [0.717, 1.165) is 60.4 Å². The zero-order valence-corrected chi connectivity index (χ0v) is 18.2. The van der Waals surface area contributed by atoms with E-state index in [1.54, 1.807) is 30.5 Å². The van der Waals surface area contributed by atoms with Gasteiger partial charge in [0, 0.05) is 13.2 Å². The summed E-state index contributed by atoms with van der Waals surface area (Å²) in [6.07, 6.45) is 2.91. The number of hydrogen-bond donors (Lipinski definition) is 1. The van der Waals surface area contributed by atoms with Crippen LogP contribution >= 0.6 is 0 Å². The molecule has 0 bridgehead atoms. The van der Waals surface area contributed by atoms with Gasteiger partial charge in [0.2, 0.25) is 0 Å². The first-order chi connectivity index (χ1) is 12.6. The molecule has 2 heterocycles. The van der Waals surface area contributed by atoms with E-state index < -0.39 is 15.8 Å². The topological polar surface area (TPSA) is 110 Å². The second-order valence-corrected chi connectivity index (χ2v) is 8.87. The van der Waals surface area contributed by atoms with Crippen LogP contribution in [0, 0.1) is 6.92 Å². The Morgan fingerprint density at radius 3 is 2.07 bits per heavy atom. The number of aromatic nitrogens is 2. The molecule has 0 aliphatic heterocycles. The third-order valence-corrected chi connectivity index (χ3v) is 5.67. The number of carbonyl (C=O) groups is 1. The van der Waals surface area contributed by atoms with Gasteiger partial charge in [-0.2, -0.15) is 0 Å². The fourth-order valence-electron chi connectivity index (χ4n) is 2.16. The van der Waals surface area contributed by atoms with Crippen molar-refractivity contribution in [3.63, 3.8) is 0 Å². The van der Waals surface area contributed by atoms with E-state index in [4.69, 9.17) is 14.3 Å².